The SMILES string of the molecule is CCOC(=O)C1=C(CN2CCN(C(=O)Nc3ccc(C(F)(F)F)cc3)C(C)C2)N(CC)C(=O)NC1c1ccccc1OC. The van der Waals surface area contributed by atoms with Crippen molar-refractivity contribution in [3.05, 3.63) is 70.9 Å². The molecule has 0 saturated carbocycles. The molecule has 0 aliphatic carbocycles. The number of para-hydroxylation sites is 1. The molecule has 2 aliphatic heterocycles. The molecule has 0 spiro atoms. The van der Waals surface area contributed by atoms with Crippen molar-refractivity contribution in [2.75, 3.05) is 51.8 Å². The fraction of sp³-hybridized carbons (Fsp3) is 0.433. The number of hydrogen-bond acceptors (Lipinski definition) is 6. The maximum absolute atomic E-state index is 13.4. The van der Waals surface area contributed by atoms with Crippen LogP contribution in [0.15, 0.2) is 59.8 Å². The quantitative estimate of drug-likeness (QED) is 0.418. The first-order valence-corrected chi connectivity index (χ1v) is 14.1. The third kappa shape index (κ3) is 7.04. The molecule has 10 nitrogen and oxygen atoms in total. The Kier molecular flexibility index (Phi) is 9.84. The first kappa shape index (κ1) is 31.7. The van der Waals surface area contributed by atoms with E-state index < -0.39 is 29.8 Å². The summed E-state index contributed by atoms with van der Waals surface area (Å²) in [4.78, 5) is 44.9. The lowest BCUT2D eigenvalue weighted by Gasteiger charge is -2.42. The van der Waals surface area contributed by atoms with Crippen LogP contribution in [0.4, 0.5) is 28.4 Å². The molecule has 13 heteroatoms. The minimum atomic E-state index is -4.46. The van der Waals surface area contributed by atoms with E-state index in [0.717, 1.165) is 12.1 Å². The van der Waals surface area contributed by atoms with Gasteiger partial charge in [-0.15, -0.1) is 0 Å². The Morgan fingerprint density at radius 3 is 2.37 bits per heavy atom. The van der Waals surface area contributed by atoms with Crippen molar-refractivity contribution in [2.45, 2.75) is 39.0 Å². The molecule has 1 saturated heterocycles. The van der Waals surface area contributed by atoms with E-state index in [0.29, 0.717) is 48.8 Å². The van der Waals surface area contributed by atoms with Crippen LogP contribution in [0.1, 0.15) is 37.9 Å². The van der Waals surface area contributed by atoms with E-state index >= 15 is 0 Å². The van der Waals surface area contributed by atoms with Crippen molar-refractivity contribution in [3.8, 4) is 5.75 Å². The van der Waals surface area contributed by atoms with Crippen molar-refractivity contribution < 1.29 is 37.0 Å². The largest absolute Gasteiger partial charge is 0.496 e. The number of nitrogens with one attached hydrogen (secondary N) is 2. The molecule has 232 valence electrons. The highest BCUT2D eigenvalue weighted by atomic mass is 19.4. The molecule has 2 atom stereocenters. The van der Waals surface area contributed by atoms with Gasteiger partial charge in [0, 0.05) is 55.7 Å². The number of nitrogens with zero attached hydrogens (tertiary/aromatic N) is 3. The third-order valence-corrected chi connectivity index (χ3v) is 7.51. The van der Waals surface area contributed by atoms with E-state index in [1.807, 2.05) is 13.8 Å². The van der Waals surface area contributed by atoms with Gasteiger partial charge in [-0.1, -0.05) is 18.2 Å². The number of methoxy groups -OCH3 is 1. The Bertz CT molecular complexity index is 1360. The van der Waals surface area contributed by atoms with Crippen LogP contribution < -0.4 is 15.4 Å². The number of piperazine rings is 1. The summed E-state index contributed by atoms with van der Waals surface area (Å²) in [5.41, 5.74) is 0.895. The van der Waals surface area contributed by atoms with E-state index in [9.17, 15) is 27.6 Å². The molecule has 2 aliphatic rings. The molecule has 2 aromatic rings. The number of carbonyl (C=O) groups is 3. The second kappa shape index (κ2) is 13.4. The molecule has 2 heterocycles. The number of carbonyl (C=O) groups excluding carboxylic acids is 3. The monoisotopic (exact) mass is 603 g/mol. The summed E-state index contributed by atoms with van der Waals surface area (Å²) in [5.74, 6) is -0.0327. The molecule has 2 aromatic carbocycles. The maximum Gasteiger partial charge on any atom is 0.416 e. The Morgan fingerprint density at radius 2 is 1.77 bits per heavy atom. The number of halogens is 3. The molecule has 0 bridgehead atoms. The van der Waals surface area contributed by atoms with Gasteiger partial charge in [0.1, 0.15) is 5.75 Å². The normalized spacial score (nSPS) is 19.7. The Morgan fingerprint density at radius 1 is 1.07 bits per heavy atom. The highest BCUT2D eigenvalue weighted by Gasteiger charge is 2.40. The fourth-order valence-corrected chi connectivity index (χ4v) is 5.42. The van der Waals surface area contributed by atoms with Crippen molar-refractivity contribution in [3.63, 3.8) is 0 Å². The summed E-state index contributed by atoms with van der Waals surface area (Å²) < 4.78 is 49.6. The number of likely N-dealkylation sites (N-methyl/N-ethyl adjacent to an activating group) is 1. The lowest BCUT2D eigenvalue weighted by molar-refractivity contribution is -0.139. The molecular formula is C30H36F3N5O5. The number of anilines is 1. The van der Waals surface area contributed by atoms with E-state index in [1.165, 1.54) is 24.1 Å². The molecule has 2 N–H and O–H groups in total. The molecular weight excluding hydrogens is 567 g/mol. The molecule has 4 rings (SSSR count). The topological polar surface area (TPSA) is 103 Å². The number of urea groups is 2. The van der Waals surface area contributed by atoms with Crippen LogP contribution in [0.25, 0.3) is 0 Å². The lowest BCUT2D eigenvalue weighted by atomic mass is 9.93. The van der Waals surface area contributed by atoms with Gasteiger partial charge in [0.2, 0.25) is 0 Å². The molecule has 2 unspecified atom stereocenters. The number of amides is 4. The highest BCUT2D eigenvalue weighted by Crippen LogP contribution is 2.36. The summed E-state index contributed by atoms with van der Waals surface area (Å²) in [5, 5.41) is 5.60. The zero-order chi connectivity index (χ0) is 31.3. The standard InChI is InChI=1S/C30H36F3N5O5/c1-5-37-23(25(27(39)43-6-2)26(35-29(37)41)22-9-7-8-10-24(22)42-4)18-36-15-16-38(19(3)17-36)28(40)34-21-13-11-20(12-14-21)30(31,32)33/h7-14,19,26H,5-6,15-18H2,1-4H3,(H,34,40)(H,35,41). The third-order valence-electron chi connectivity index (χ3n) is 7.51. The lowest BCUT2D eigenvalue weighted by Crippen LogP contribution is -2.57. The van der Waals surface area contributed by atoms with Crippen molar-refractivity contribution in [1.29, 1.82) is 0 Å². The van der Waals surface area contributed by atoms with Crippen LogP contribution >= 0.6 is 0 Å². The second-order valence-corrected chi connectivity index (χ2v) is 10.2. The fourth-order valence-electron chi connectivity index (χ4n) is 5.42. The van der Waals surface area contributed by atoms with Gasteiger partial charge in [0.05, 0.1) is 30.9 Å². The average Bonchev–Trinajstić information content (AvgIpc) is 2.97. The van der Waals surface area contributed by atoms with Crippen LogP contribution in [0.3, 0.4) is 0 Å². The zero-order valence-electron chi connectivity index (χ0n) is 24.5. The summed E-state index contributed by atoms with van der Waals surface area (Å²) in [7, 11) is 1.52. The first-order valence-electron chi connectivity index (χ1n) is 14.1. The van der Waals surface area contributed by atoms with Crippen molar-refractivity contribution in [1.82, 2.24) is 20.0 Å². The van der Waals surface area contributed by atoms with Gasteiger partial charge in [-0.05, 0) is 51.1 Å². The van der Waals surface area contributed by atoms with Gasteiger partial charge in [-0.25, -0.2) is 14.4 Å². The van der Waals surface area contributed by atoms with Gasteiger partial charge in [-0.2, -0.15) is 13.2 Å². The average molecular weight is 604 g/mol. The Hall–Kier alpha value is -4.26. The van der Waals surface area contributed by atoms with E-state index in [2.05, 4.69) is 15.5 Å². The number of benzene rings is 2. The summed E-state index contributed by atoms with van der Waals surface area (Å²) >= 11 is 0. The van der Waals surface area contributed by atoms with Gasteiger partial charge in [0.15, 0.2) is 0 Å². The maximum atomic E-state index is 13.4. The van der Waals surface area contributed by atoms with Crippen LogP contribution in [-0.4, -0.2) is 85.2 Å². The number of rotatable bonds is 8. The molecule has 0 radical (unpaired) electrons. The van der Waals surface area contributed by atoms with Crippen LogP contribution in [-0.2, 0) is 15.7 Å². The Labute approximate surface area is 248 Å². The van der Waals surface area contributed by atoms with Crippen LogP contribution in [0.5, 0.6) is 5.75 Å². The van der Waals surface area contributed by atoms with Gasteiger partial charge < -0.3 is 25.0 Å². The first-order chi connectivity index (χ1) is 20.5. The number of esters is 1. The number of alkyl halides is 3. The van der Waals surface area contributed by atoms with Crippen molar-refractivity contribution in [2.24, 2.45) is 0 Å². The molecule has 1 fully saturated rings. The molecule has 43 heavy (non-hydrogen) atoms. The van der Waals surface area contributed by atoms with E-state index in [4.69, 9.17) is 9.47 Å². The minimum Gasteiger partial charge on any atom is -0.496 e. The predicted molar refractivity (Wildman–Crippen MR) is 153 cm³/mol. The van der Waals surface area contributed by atoms with Crippen LogP contribution in [0.2, 0.25) is 0 Å². The van der Waals surface area contributed by atoms with Crippen LogP contribution in [0, 0.1) is 0 Å². The van der Waals surface area contributed by atoms with E-state index in [1.54, 1.807) is 36.1 Å². The highest BCUT2D eigenvalue weighted by molar-refractivity contribution is 5.95. The van der Waals surface area contributed by atoms with Gasteiger partial charge >= 0.3 is 24.2 Å². The number of ether oxygens (including phenoxy) is 2. The second-order valence-electron chi connectivity index (χ2n) is 10.2. The van der Waals surface area contributed by atoms with Crippen molar-refractivity contribution >= 4 is 23.7 Å². The predicted octanol–water partition coefficient (Wildman–Crippen LogP) is 4.86. The van der Waals surface area contributed by atoms with E-state index in [-0.39, 0.29) is 30.9 Å². The zero-order valence-corrected chi connectivity index (χ0v) is 24.5. The van der Waals surface area contributed by atoms with Gasteiger partial charge in [0.25, 0.3) is 0 Å². The smallest absolute Gasteiger partial charge is 0.416 e. The Balaban J connectivity index is 1.56. The minimum absolute atomic E-state index is 0.151. The molecule has 4 amide bonds. The molecule has 0 aromatic heterocycles. The summed E-state index contributed by atoms with van der Waals surface area (Å²) in [6.45, 7) is 7.29. The summed E-state index contributed by atoms with van der Waals surface area (Å²) in [6.07, 6.45) is -4.46. The summed E-state index contributed by atoms with van der Waals surface area (Å²) in [6, 6.07) is 9.57. The van der Waals surface area contributed by atoms with Gasteiger partial charge in [-0.3, -0.25) is 9.80 Å². The number of hydrogen-bond donors (Lipinski definition) is 2.